The molecule has 1 aromatic heterocycles. The maximum atomic E-state index is 13.6. The summed E-state index contributed by atoms with van der Waals surface area (Å²) in [5.41, 5.74) is 3.84. The topological polar surface area (TPSA) is 97.6 Å². The number of para-hydroxylation sites is 1. The van der Waals surface area contributed by atoms with Crippen LogP contribution in [-0.2, 0) is 14.8 Å². The number of ether oxygens (including phenoxy) is 1. The highest BCUT2D eigenvalue weighted by molar-refractivity contribution is 7.92. The van der Waals surface area contributed by atoms with Crippen molar-refractivity contribution in [2.24, 2.45) is 0 Å². The van der Waals surface area contributed by atoms with Crippen LogP contribution in [0.4, 0.5) is 11.4 Å². The molecule has 0 aliphatic rings. The van der Waals surface area contributed by atoms with E-state index in [2.05, 4.69) is 10.0 Å². The highest BCUT2D eigenvalue weighted by Gasteiger charge is 2.31. The van der Waals surface area contributed by atoms with E-state index in [1.54, 1.807) is 55.6 Å². The van der Waals surface area contributed by atoms with Crippen LogP contribution < -0.4 is 10.0 Å². The largest absolute Gasteiger partial charge is 0.465 e. The van der Waals surface area contributed by atoms with Crippen LogP contribution in [0.15, 0.2) is 100 Å². The fourth-order valence-electron chi connectivity index (χ4n) is 4.70. The van der Waals surface area contributed by atoms with Crippen molar-refractivity contribution in [1.29, 1.82) is 0 Å². The zero-order valence-corrected chi connectivity index (χ0v) is 23.6. The van der Waals surface area contributed by atoms with Crippen molar-refractivity contribution in [3.8, 4) is 0 Å². The molecule has 0 bridgehead atoms. The van der Waals surface area contributed by atoms with Gasteiger partial charge in [0.25, 0.3) is 10.0 Å². The summed E-state index contributed by atoms with van der Waals surface area (Å²) in [6, 6.07) is 26.5. The Morgan fingerprint density at radius 3 is 2.30 bits per heavy atom. The van der Waals surface area contributed by atoms with Crippen LogP contribution in [-0.4, -0.2) is 28.5 Å². The average Bonchev–Trinajstić information content (AvgIpc) is 3.31. The number of benzene rings is 4. The molecule has 4 aromatic carbocycles. The Bertz CT molecular complexity index is 1800. The molecule has 0 fully saturated rings. The van der Waals surface area contributed by atoms with Crippen LogP contribution >= 0.6 is 11.6 Å². The first-order valence-electron chi connectivity index (χ1n) is 12.5. The molecule has 0 amide bonds. The lowest BCUT2D eigenvalue weighted by Gasteiger charge is -2.21. The lowest BCUT2D eigenvalue weighted by molar-refractivity contribution is 0.0601. The lowest BCUT2D eigenvalue weighted by atomic mass is 9.87. The molecule has 9 heteroatoms. The van der Waals surface area contributed by atoms with Crippen LogP contribution in [0, 0.1) is 6.92 Å². The lowest BCUT2D eigenvalue weighted by Crippen LogP contribution is -2.16. The zero-order chi connectivity index (χ0) is 28.4. The number of halogens is 1. The maximum absolute atomic E-state index is 13.6. The summed E-state index contributed by atoms with van der Waals surface area (Å²) in [5, 5.41) is 3.93. The summed E-state index contributed by atoms with van der Waals surface area (Å²) in [7, 11) is -0.994. The summed E-state index contributed by atoms with van der Waals surface area (Å²) in [5.74, 6) is -0.886. The first kappa shape index (κ1) is 27.3. The predicted octanol–water partition coefficient (Wildman–Crippen LogP) is 7.20. The van der Waals surface area contributed by atoms with Crippen molar-refractivity contribution in [2.45, 2.75) is 17.7 Å². The van der Waals surface area contributed by atoms with E-state index in [1.165, 1.54) is 7.11 Å². The smallest absolute Gasteiger partial charge is 0.339 e. The normalized spacial score (nSPS) is 12.2. The number of carbonyl (C=O) groups is 1. The van der Waals surface area contributed by atoms with E-state index < -0.39 is 21.9 Å². The van der Waals surface area contributed by atoms with Crippen LogP contribution in [0.25, 0.3) is 11.0 Å². The van der Waals surface area contributed by atoms with E-state index in [9.17, 15) is 13.2 Å². The number of anilines is 2. The minimum atomic E-state index is -3.99. The van der Waals surface area contributed by atoms with Gasteiger partial charge < -0.3 is 14.5 Å². The van der Waals surface area contributed by atoms with Crippen LogP contribution in [0.2, 0.25) is 5.02 Å². The van der Waals surface area contributed by atoms with Gasteiger partial charge in [0.05, 0.1) is 29.2 Å². The van der Waals surface area contributed by atoms with Crippen LogP contribution in [0.1, 0.15) is 38.7 Å². The molecule has 0 unspecified atom stereocenters. The van der Waals surface area contributed by atoms with Gasteiger partial charge in [-0.3, -0.25) is 4.72 Å². The van der Waals surface area contributed by atoms with E-state index in [4.69, 9.17) is 20.8 Å². The van der Waals surface area contributed by atoms with Gasteiger partial charge in [-0.1, -0.05) is 71.8 Å². The minimum absolute atomic E-state index is 0.120. The third-order valence-electron chi connectivity index (χ3n) is 6.71. The fraction of sp³-hybridized carbons (Fsp3) is 0.129. The van der Waals surface area contributed by atoms with Gasteiger partial charge in [-0.05, 0) is 54.4 Å². The van der Waals surface area contributed by atoms with Crippen molar-refractivity contribution < 1.29 is 22.4 Å². The monoisotopic (exact) mass is 574 g/mol. The number of furan rings is 1. The molecule has 204 valence electrons. The summed E-state index contributed by atoms with van der Waals surface area (Å²) in [6.45, 7) is 1.89. The van der Waals surface area contributed by atoms with E-state index in [0.717, 1.165) is 11.1 Å². The van der Waals surface area contributed by atoms with Crippen molar-refractivity contribution in [3.63, 3.8) is 0 Å². The Morgan fingerprint density at radius 1 is 0.950 bits per heavy atom. The number of aryl methyl sites for hydroxylation is 1. The Balaban J connectivity index is 1.77. The molecule has 0 saturated carbocycles. The van der Waals surface area contributed by atoms with Crippen molar-refractivity contribution in [2.75, 3.05) is 24.2 Å². The molecule has 1 heterocycles. The second kappa shape index (κ2) is 11.1. The van der Waals surface area contributed by atoms with Crippen LogP contribution in [0.5, 0.6) is 0 Å². The van der Waals surface area contributed by atoms with Gasteiger partial charge in [-0.15, -0.1) is 0 Å². The molecule has 2 N–H and O–H groups in total. The molecular formula is C31H27ClN2O5S. The standard InChI is InChI=1S/C31H27ClN2O5S/c1-19-13-15-21(16-14-19)40(36,37)34-29-22-11-7-8-12-27(22)39-30(29)28(20-9-5-4-6-10-20)23-17-24(31(35)38-3)26(33-2)18-25(23)32/h4-18,28,33-34H,1-3H3/t28-/m1/s1. The Morgan fingerprint density at radius 2 is 1.62 bits per heavy atom. The van der Waals surface area contributed by atoms with Gasteiger partial charge >= 0.3 is 5.97 Å². The molecule has 0 saturated heterocycles. The molecule has 7 nitrogen and oxygen atoms in total. The van der Waals surface area contributed by atoms with Gasteiger partial charge in [0.1, 0.15) is 11.3 Å². The Hall–Kier alpha value is -4.27. The first-order chi connectivity index (χ1) is 19.2. The Labute approximate surface area is 237 Å². The molecule has 5 rings (SSSR count). The number of rotatable bonds is 8. The van der Waals surface area contributed by atoms with E-state index >= 15 is 0 Å². The molecule has 0 aliphatic carbocycles. The van der Waals surface area contributed by atoms with Gasteiger partial charge in [0.15, 0.2) is 0 Å². The zero-order valence-electron chi connectivity index (χ0n) is 22.1. The number of fused-ring (bicyclic) bond motifs is 1. The van der Waals surface area contributed by atoms with E-state index in [0.29, 0.717) is 38.7 Å². The summed E-state index contributed by atoms with van der Waals surface area (Å²) in [4.78, 5) is 12.8. The fourth-order valence-corrected chi connectivity index (χ4v) is 6.06. The van der Waals surface area contributed by atoms with Crippen molar-refractivity contribution in [3.05, 3.63) is 124 Å². The van der Waals surface area contributed by atoms with E-state index in [1.807, 2.05) is 49.4 Å². The average molecular weight is 575 g/mol. The SMILES string of the molecule is CNc1cc(Cl)c([C@@H](c2ccccc2)c2oc3ccccc3c2NS(=O)(=O)c2ccc(C)cc2)cc1C(=O)OC. The summed E-state index contributed by atoms with van der Waals surface area (Å²) < 4.78 is 41.4. The molecule has 40 heavy (non-hydrogen) atoms. The summed E-state index contributed by atoms with van der Waals surface area (Å²) in [6.07, 6.45) is 0. The van der Waals surface area contributed by atoms with Crippen molar-refractivity contribution >= 4 is 49.9 Å². The third kappa shape index (κ3) is 5.15. The second-order valence-electron chi connectivity index (χ2n) is 9.26. The summed E-state index contributed by atoms with van der Waals surface area (Å²) >= 11 is 6.84. The number of hydrogen-bond donors (Lipinski definition) is 2. The minimum Gasteiger partial charge on any atom is -0.465 e. The molecule has 1 atom stereocenters. The van der Waals surface area contributed by atoms with Gasteiger partial charge in [-0.25, -0.2) is 13.2 Å². The van der Waals surface area contributed by atoms with Crippen molar-refractivity contribution in [1.82, 2.24) is 0 Å². The molecule has 0 aliphatic heterocycles. The number of sulfonamides is 1. The van der Waals surface area contributed by atoms with Gasteiger partial charge in [-0.2, -0.15) is 0 Å². The quantitative estimate of drug-likeness (QED) is 0.190. The highest BCUT2D eigenvalue weighted by atomic mass is 35.5. The van der Waals surface area contributed by atoms with Gasteiger partial charge in [0, 0.05) is 23.1 Å². The first-order valence-corrected chi connectivity index (χ1v) is 14.3. The molecule has 5 aromatic rings. The second-order valence-corrected chi connectivity index (χ2v) is 11.4. The highest BCUT2D eigenvalue weighted by Crippen LogP contribution is 2.45. The number of hydrogen-bond acceptors (Lipinski definition) is 6. The number of nitrogens with one attached hydrogen (secondary N) is 2. The number of esters is 1. The van der Waals surface area contributed by atoms with Crippen LogP contribution in [0.3, 0.4) is 0 Å². The Kier molecular flexibility index (Phi) is 7.56. The molecule has 0 radical (unpaired) electrons. The van der Waals surface area contributed by atoms with Gasteiger partial charge in [0.2, 0.25) is 0 Å². The predicted molar refractivity (Wildman–Crippen MR) is 158 cm³/mol. The number of methoxy groups -OCH3 is 1. The number of carbonyl (C=O) groups excluding carboxylic acids is 1. The molecular weight excluding hydrogens is 548 g/mol. The third-order valence-corrected chi connectivity index (χ3v) is 8.40. The molecule has 0 spiro atoms. The van der Waals surface area contributed by atoms with E-state index in [-0.39, 0.29) is 10.5 Å². The maximum Gasteiger partial charge on any atom is 0.339 e.